The van der Waals surface area contributed by atoms with Gasteiger partial charge in [0.25, 0.3) is 5.91 Å². The van der Waals surface area contributed by atoms with E-state index in [1.54, 1.807) is 16.8 Å². The number of rotatable bonds is 1. The predicted molar refractivity (Wildman–Crippen MR) is 112 cm³/mol. The monoisotopic (exact) mass is 421 g/mol. The highest BCUT2D eigenvalue weighted by Crippen LogP contribution is 2.38. The van der Waals surface area contributed by atoms with Crippen molar-refractivity contribution >= 4 is 17.4 Å². The van der Waals surface area contributed by atoms with E-state index < -0.39 is 0 Å². The summed E-state index contributed by atoms with van der Waals surface area (Å²) >= 11 is 0. The Morgan fingerprint density at radius 1 is 1.23 bits per heavy atom. The molecule has 2 bridgehead atoms. The lowest BCUT2D eigenvalue weighted by Gasteiger charge is -2.31. The summed E-state index contributed by atoms with van der Waals surface area (Å²) in [5.41, 5.74) is 5.88. The van der Waals surface area contributed by atoms with Crippen LogP contribution in [-0.4, -0.2) is 49.1 Å². The van der Waals surface area contributed by atoms with Gasteiger partial charge >= 0.3 is 0 Å². The highest BCUT2D eigenvalue weighted by atomic mass is 19.1. The van der Waals surface area contributed by atoms with Crippen LogP contribution in [0, 0.1) is 5.82 Å². The number of hydrazine groups is 1. The molecule has 1 saturated carbocycles. The topological polar surface area (TPSA) is 78.7 Å². The van der Waals surface area contributed by atoms with E-state index in [1.807, 2.05) is 17.3 Å². The van der Waals surface area contributed by atoms with Crippen LogP contribution in [0.5, 0.6) is 0 Å². The van der Waals surface area contributed by atoms with Gasteiger partial charge in [-0.2, -0.15) is 5.10 Å². The van der Waals surface area contributed by atoms with Crippen molar-refractivity contribution in [2.24, 2.45) is 0 Å². The van der Waals surface area contributed by atoms with Gasteiger partial charge in [-0.05, 0) is 50.3 Å². The number of carbonyl (C=O) groups is 1. The number of nitrogens with one attached hydrogen (secondary N) is 1. The number of aromatic nitrogens is 4. The summed E-state index contributed by atoms with van der Waals surface area (Å²) < 4.78 is 15.9. The number of carbonyl (C=O) groups excluding carboxylic acids is 1. The summed E-state index contributed by atoms with van der Waals surface area (Å²) in [5, 5.41) is 6.35. The van der Waals surface area contributed by atoms with E-state index in [0.717, 1.165) is 49.3 Å². The average molecular weight is 421 g/mol. The van der Waals surface area contributed by atoms with Crippen molar-refractivity contribution in [2.45, 2.75) is 57.2 Å². The molecule has 2 atom stereocenters. The molecule has 8 nitrogen and oxygen atoms in total. The standard InChI is InChI=1S/C22H24FN7O/c1-13-9-18-16(10-14(23)11-24-18)19-3-2-7-28(19)20-6-8-29-21(26-20)17(12-25-29)22(31)27-30(13)15-4-5-15/h6,8,10-13,15,19H,2-5,7,9H2,1H3,(H,27,31)/t13-,19?/m0/s1. The number of hydrogen-bond acceptors (Lipinski definition) is 6. The van der Waals surface area contributed by atoms with Crippen LogP contribution < -0.4 is 10.3 Å². The Morgan fingerprint density at radius 3 is 2.94 bits per heavy atom. The second-order valence-electron chi connectivity index (χ2n) is 8.79. The van der Waals surface area contributed by atoms with Gasteiger partial charge in [-0.3, -0.25) is 15.2 Å². The van der Waals surface area contributed by atoms with Crippen LogP contribution in [0.3, 0.4) is 0 Å². The SMILES string of the molecule is C[C@H]1Cc2ncc(F)cc2C2CCCN2c2ccn3ncc(c3n2)C(=O)NN1C1CC1. The van der Waals surface area contributed by atoms with E-state index in [-0.39, 0.29) is 23.8 Å². The molecule has 160 valence electrons. The first kappa shape index (κ1) is 18.7. The largest absolute Gasteiger partial charge is 0.349 e. The Labute approximate surface area is 179 Å². The van der Waals surface area contributed by atoms with Crippen LogP contribution >= 0.6 is 0 Å². The van der Waals surface area contributed by atoms with Gasteiger partial charge in [0.15, 0.2) is 5.65 Å². The van der Waals surface area contributed by atoms with Crippen molar-refractivity contribution in [1.82, 2.24) is 30.0 Å². The molecule has 3 aromatic heterocycles. The molecule has 2 fully saturated rings. The molecule has 31 heavy (non-hydrogen) atoms. The number of fused-ring (bicyclic) bond motifs is 5. The highest BCUT2D eigenvalue weighted by molar-refractivity contribution is 5.99. The Kier molecular flexibility index (Phi) is 4.21. The van der Waals surface area contributed by atoms with Gasteiger partial charge in [0.05, 0.1) is 18.4 Å². The van der Waals surface area contributed by atoms with Crippen LogP contribution in [0.1, 0.15) is 60.3 Å². The molecule has 0 aromatic carbocycles. The van der Waals surface area contributed by atoms with Gasteiger partial charge in [-0.1, -0.05) is 0 Å². The van der Waals surface area contributed by atoms with Crippen molar-refractivity contribution in [3.05, 3.63) is 53.4 Å². The molecule has 1 aliphatic carbocycles. The van der Waals surface area contributed by atoms with Gasteiger partial charge in [0, 0.05) is 36.9 Å². The zero-order chi connectivity index (χ0) is 21.1. The molecular formula is C22H24FN7O. The molecule has 1 saturated heterocycles. The van der Waals surface area contributed by atoms with Crippen LogP contribution in [0.2, 0.25) is 0 Å². The van der Waals surface area contributed by atoms with Crippen molar-refractivity contribution in [1.29, 1.82) is 0 Å². The van der Waals surface area contributed by atoms with Crippen LogP contribution in [-0.2, 0) is 6.42 Å². The quantitative estimate of drug-likeness (QED) is 0.651. The van der Waals surface area contributed by atoms with Crippen LogP contribution in [0.25, 0.3) is 5.65 Å². The van der Waals surface area contributed by atoms with E-state index in [1.165, 1.54) is 6.20 Å². The first-order valence-corrected chi connectivity index (χ1v) is 10.9. The molecule has 0 spiro atoms. The molecule has 2 aliphatic heterocycles. The highest BCUT2D eigenvalue weighted by Gasteiger charge is 2.36. The second-order valence-corrected chi connectivity index (χ2v) is 8.79. The molecule has 1 amide bonds. The summed E-state index contributed by atoms with van der Waals surface area (Å²) in [5.74, 6) is 0.241. The van der Waals surface area contributed by atoms with Crippen LogP contribution in [0.4, 0.5) is 10.2 Å². The van der Waals surface area contributed by atoms with E-state index >= 15 is 0 Å². The maximum absolute atomic E-state index is 14.3. The normalized spacial score (nSPS) is 24.3. The predicted octanol–water partition coefficient (Wildman–Crippen LogP) is 2.66. The van der Waals surface area contributed by atoms with Crippen molar-refractivity contribution < 1.29 is 9.18 Å². The summed E-state index contributed by atoms with van der Waals surface area (Å²) in [6.45, 7) is 2.91. The summed E-state index contributed by atoms with van der Waals surface area (Å²) in [6, 6.07) is 3.86. The number of pyridine rings is 1. The number of amides is 1. The van der Waals surface area contributed by atoms with E-state index in [9.17, 15) is 9.18 Å². The Balaban J connectivity index is 1.53. The lowest BCUT2D eigenvalue weighted by Crippen LogP contribution is -2.49. The van der Waals surface area contributed by atoms with Gasteiger partial charge in [0.2, 0.25) is 0 Å². The van der Waals surface area contributed by atoms with E-state index in [2.05, 4.69) is 27.3 Å². The Hall–Kier alpha value is -3.07. The Bertz CT molecular complexity index is 1170. The maximum Gasteiger partial charge on any atom is 0.271 e. The van der Waals surface area contributed by atoms with E-state index in [4.69, 9.17) is 4.98 Å². The molecule has 1 unspecified atom stereocenters. The van der Waals surface area contributed by atoms with Crippen LogP contribution in [0.15, 0.2) is 30.7 Å². The maximum atomic E-state index is 14.3. The van der Waals surface area contributed by atoms with Gasteiger partial charge in [-0.15, -0.1) is 0 Å². The minimum Gasteiger partial charge on any atom is -0.349 e. The summed E-state index contributed by atoms with van der Waals surface area (Å²) in [6.07, 6.45) is 9.32. The molecule has 6 rings (SSSR count). The fourth-order valence-corrected chi connectivity index (χ4v) is 4.96. The third-order valence-corrected chi connectivity index (χ3v) is 6.61. The minimum atomic E-state index is -0.323. The summed E-state index contributed by atoms with van der Waals surface area (Å²) in [4.78, 5) is 24.7. The third kappa shape index (κ3) is 3.15. The lowest BCUT2D eigenvalue weighted by molar-refractivity contribution is 0.0676. The molecule has 9 heteroatoms. The molecule has 3 aromatic rings. The molecule has 3 aliphatic rings. The average Bonchev–Trinajstić information content (AvgIpc) is 3.32. The third-order valence-electron chi connectivity index (χ3n) is 6.61. The first-order valence-electron chi connectivity index (χ1n) is 10.9. The zero-order valence-electron chi connectivity index (χ0n) is 17.3. The second kappa shape index (κ2) is 6.98. The number of anilines is 1. The van der Waals surface area contributed by atoms with Gasteiger partial charge < -0.3 is 4.90 Å². The minimum absolute atomic E-state index is 0.00510. The molecule has 0 radical (unpaired) electrons. The smallest absolute Gasteiger partial charge is 0.271 e. The summed E-state index contributed by atoms with van der Waals surface area (Å²) in [7, 11) is 0. The van der Waals surface area contributed by atoms with Crippen molar-refractivity contribution in [2.75, 3.05) is 11.4 Å². The number of hydrogen-bond donors (Lipinski definition) is 1. The lowest BCUT2D eigenvalue weighted by atomic mass is 9.98. The molecule has 1 N–H and O–H groups in total. The van der Waals surface area contributed by atoms with Crippen molar-refractivity contribution in [3.63, 3.8) is 0 Å². The zero-order valence-corrected chi connectivity index (χ0v) is 17.3. The van der Waals surface area contributed by atoms with Crippen molar-refractivity contribution in [3.8, 4) is 0 Å². The number of nitrogens with zero attached hydrogens (tertiary/aromatic N) is 6. The van der Waals surface area contributed by atoms with Gasteiger partial charge in [-0.25, -0.2) is 18.9 Å². The fraction of sp³-hybridized carbons (Fsp3) is 0.455. The molecule has 5 heterocycles. The van der Waals surface area contributed by atoms with Gasteiger partial charge in [0.1, 0.15) is 17.2 Å². The molecular weight excluding hydrogens is 397 g/mol. The Morgan fingerprint density at radius 2 is 2.10 bits per heavy atom. The first-order chi connectivity index (χ1) is 15.1. The fourth-order valence-electron chi connectivity index (χ4n) is 4.96. The van der Waals surface area contributed by atoms with E-state index in [0.29, 0.717) is 23.7 Å². The number of halogens is 1.